The van der Waals surface area contributed by atoms with Gasteiger partial charge in [0.15, 0.2) is 0 Å². The second-order valence-corrected chi connectivity index (χ2v) is 21.0. The molecule has 0 atom stereocenters. The topological polar surface area (TPSA) is 295 Å². The Morgan fingerprint density at radius 1 is 0.489 bits per heavy atom. The highest BCUT2D eigenvalue weighted by atomic mass is 16.5. The van der Waals surface area contributed by atoms with Gasteiger partial charge in [-0.1, -0.05) is 72.8 Å². The zero-order chi connectivity index (χ0) is 62.3. The van der Waals surface area contributed by atoms with Gasteiger partial charge in [-0.2, -0.15) is 0 Å². The Kier molecular flexibility index (Phi) is 22.6. The molecule has 4 aliphatic heterocycles. The average Bonchev–Trinajstić information content (AvgIpc) is 4.14. The lowest BCUT2D eigenvalue weighted by molar-refractivity contribution is -0.147. The summed E-state index contributed by atoms with van der Waals surface area (Å²) in [6, 6.07) is 44.4. The number of hydrogen-bond acceptors (Lipinski definition) is 16. The van der Waals surface area contributed by atoms with E-state index in [1.54, 1.807) is 60.3 Å². The molecule has 8 N–H and O–H groups in total. The molecular formula is C65H72N10O13. The summed E-state index contributed by atoms with van der Waals surface area (Å²) >= 11 is 0. The molecule has 0 saturated carbocycles. The number of methoxy groups -OCH3 is 2. The lowest BCUT2D eigenvalue weighted by Gasteiger charge is -2.32. The molecule has 88 heavy (non-hydrogen) atoms. The average molecular weight is 1200 g/mol. The number of amides is 4. The lowest BCUT2D eigenvalue weighted by atomic mass is 9.99. The number of nitrogens with zero attached hydrogens (tertiary/aromatic N) is 6. The number of fused-ring (bicyclic) bond motifs is 2. The molecule has 4 heterocycles. The summed E-state index contributed by atoms with van der Waals surface area (Å²) in [6.45, 7) is 8.18. The molecular weight excluding hydrogens is 1130 g/mol. The number of carboxylic acid groups (broad SMARTS) is 2. The first-order valence-electron chi connectivity index (χ1n) is 28.0. The summed E-state index contributed by atoms with van der Waals surface area (Å²) in [5, 5.41) is 28.0. The van der Waals surface area contributed by atoms with Crippen LogP contribution in [0.25, 0.3) is 22.5 Å². The quantitative estimate of drug-likeness (QED) is 0.0370. The molecule has 0 aromatic heterocycles. The molecule has 0 unspecified atom stereocenters. The van der Waals surface area contributed by atoms with E-state index in [0.29, 0.717) is 69.3 Å². The third-order valence-electron chi connectivity index (χ3n) is 15.0. The van der Waals surface area contributed by atoms with Gasteiger partial charge in [-0.15, -0.1) is 0 Å². The largest absolute Gasteiger partial charge is 0.481 e. The van der Waals surface area contributed by atoms with Crippen LogP contribution >= 0.6 is 0 Å². The van der Waals surface area contributed by atoms with Crippen LogP contribution in [0, 0.1) is 0 Å². The van der Waals surface area contributed by atoms with Gasteiger partial charge >= 0.3 is 23.9 Å². The third kappa shape index (κ3) is 16.7. The minimum Gasteiger partial charge on any atom is -0.481 e. The Bertz CT molecular complexity index is 3350. The molecule has 2 saturated heterocycles. The van der Waals surface area contributed by atoms with Crippen molar-refractivity contribution in [3.8, 4) is 0 Å². The number of carboxylic acids is 2. The lowest BCUT2D eigenvalue weighted by Crippen LogP contribution is -2.48. The molecule has 4 amide bonds. The van der Waals surface area contributed by atoms with E-state index in [4.69, 9.17) is 19.7 Å². The Morgan fingerprint density at radius 2 is 0.830 bits per heavy atom. The van der Waals surface area contributed by atoms with Crippen LogP contribution in [0.4, 0.5) is 34.1 Å². The maximum atomic E-state index is 13.2. The zero-order valence-electron chi connectivity index (χ0n) is 49.8. The second-order valence-electron chi connectivity index (χ2n) is 21.0. The van der Waals surface area contributed by atoms with Crippen molar-refractivity contribution in [2.45, 2.75) is 6.42 Å². The summed E-state index contributed by atoms with van der Waals surface area (Å²) < 4.78 is 9.65. The number of nitrogens with one attached hydrogen (secondary N) is 4. The third-order valence-corrected chi connectivity index (χ3v) is 15.0. The van der Waals surface area contributed by atoms with Crippen molar-refractivity contribution in [3.63, 3.8) is 0 Å². The molecule has 2 fully saturated rings. The number of likely N-dealkylation sites (N-methyl/N-ethyl adjacent to an activating group) is 4. The van der Waals surface area contributed by atoms with Crippen LogP contribution < -0.4 is 31.1 Å². The van der Waals surface area contributed by atoms with Crippen LogP contribution in [0.5, 0.6) is 0 Å². The van der Waals surface area contributed by atoms with E-state index in [9.17, 15) is 38.4 Å². The standard InChI is InChI=1S/2C31H33N5O4.C3H4O4.H2O/c2*1-34-15-17-36(18-16-34)20-27(37)35(2)24-12-10-23(11-13-24)32-29(21-7-5-4-6-8-21)28-25-14-9-22(31(39)40-3)19-26(25)33-30(28)38;4-2(5)1-3(6)7;/h2*4-14,19,32H,15-18,20H2,1-3H3,(H,33,38);1H2,(H,4,5)(H,6,7);1H2/b2*29-28-;;. The first-order chi connectivity index (χ1) is 41.8. The summed E-state index contributed by atoms with van der Waals surface area (Å²) in [6.07, 6.45) is -0.806. The van der Waals surface area contributed by atoms with Gasteiger partial charge in [0, 0.05) is 100 Å². The minimum absolute atomic E-state index is 0. The Labute approximate surface area is 509 Å². The highest BCUT2D eigenvalue weighted by molar-refractivity contribution is 6.38. The summed E-state index contributed by atoms with van der Waals surface area (Å²) in [5.41, 5.74) is 10.2. The Morgan fingerprint density at radius 3 is 1.14 bits per heavy atom. The van der Waals surface area contributed by atoms with Crippen LogP contribution in [0.1, 0.15) is 49.4 Å². The number of anilines is 6. The van der Waals surface area contributed by atoms with Gasteiger partial charge in [-0.25, -0.2) is 9.59 Å². The zero-order valence-corrected chi connectivity index (χ0v) is 49.8. The van der Waals surface area contributed by atoms with Gasteiger partial charge in [-0.05, 0) is 98.0 Å². The molecule has 4 aliphatic rings. The van der Waals surface area contributed by atoms with Gasteiger partial charge in [0.2, 0.25) is 11.8 Å². The second kappa shape index (κ2) is 30.3. The Hall–Kier alpha value is -10.0. The van der Waals surface area contributed by atoms with Crippen LogP contribution in [-0.4, -0.2) is 191 Å². The first-order valence-corrected chi connectivity index (χ1v) is 28.0. The molecule has 23 nitrogen and oxygen atoms in total. The number of benzene rings is 6. The van der Waals surface area contributed by atoms with E-state index in [2.05, 4.69) is 55.0 Å². The number of ether oxygens (including phenoxy) is 2. The molecule has 6 aromatic carbocycles. The van der Waals surface area contributed by atoms with E-state index in [0.717, 1.165) is 86.2 Å². The van der Waals surface area contributed by atoms with Gasteiger partial charge in [0.05, 0.1) is 72.4 Å². The normalized spacial score (nSPS) is 15.8. The predicted octanol–water partition coefficient (Wildman–Crippen LogP) is 5.95. The molecule has 460 valence electrons. The van der Waals surface area contributed by atoms with Crippen molar-refractivity contribution in [2.75, 3.05) is 139 Å². The fraction of sp³-hybridized carbons (Fsp3) is 0.262. The van der Waals surface area contributed by atoms with Gasteiger partial charge < -0.3 is 66.0 Å². The van der Waals surface area contributed by atoms with Crippen molar-refractivity contribution >= 4 is 104 Å². The van der Waals surface area contributed by atoms with Crippen molar-refractivity contribution < 1.29 is 63.5 Å². The molecule has 0 radical (unpaired) electrons. The molecule has 0 bridgehead atoms. The van der Waals surface area contributed by atoms with Gasteiger partial charge in [0.25, 0.3) is 11.8 Å². The molecule has 0 aliphatic carbocycles. The number of rotatable bonds is 16. The SMILES string of the molecule is COC(=O)c1ccc2c(c1)NC(=O)/C2=C(\Nc1ccc(N(C)C(=O)CN2CCN(C)CC2)cc1)c1ccccc1.COC(=O)c1ccc2c(c1)NC(=O)/C2=C(\Nc1ccc(N(C)C(=O)CN2CCN(C)CC2)cc1)c1ccccc1.O.O=C(O)CC(=O)O. The first kappa shape index (κ1) is 65.5. The van der Waals surface area contributed by atoms with Crippen LogP contribution in [0.2, 0.25) is 0 Å². The van der Waals surface area contributed by atoms with E-state index in [1.807, 2.05) is 109 Å². The van der Waals surface area contributed by atoms with Crippen molar-refractivity contribution in [1.82, 2.24) is 19.6 Å². The Balaban J connectivity index is 0.000000224. The number of piperazine rings is 2. The molecule has 6 aromatic rings. The minimum atomic E-state index is -1.31. The summed E-state index contributed by atoms with van der Waals surface area (Å²) in [7, 11) is 10.4. The van der Waals surface area contributed by atoms with Crippen molar-refractivity contribution in [1.29, 1.82) is 0 Å². The van der Waals surface area contributed by atoms with Crippen LogP contribution in [0.15, 0.2) is 146 Å². The number of carbonyl (C=O) groups excluding carboxylic acids is 6. The van der Waals surface area contributed by atoms with Crippen molar-refractivity contribution in [2.24, 2.45) is 0 Å². The van der Waals surface area contributed by atoms with E-state index < -0.39 is 30.3 Å². The number of carbonyl (C=O) groups is 8. The predicted molar refractivity (Wildman–Crippen MR) is 338 cm³/mol. The smallest absolute Gasteiger partial charge is 0.337 e. The maximum Gasteiger partial charge on any atom is 0.337 e. The molecule has 10 rings (SSSR count). The van der Waals surface area contributed by atoms with E-state index in [1.165, 1.54) is 14.2 Å². The van der Waals surface area contributed by atoms with Crippen molar-refractivity contribution in [3.05, 3.63) is 179 Å². The van der Waals surface area contributed by atoms with Gasteiger partial charge in [0.1, 0.15) is 6.42 Å². The van der Waals surface area contributed by atoms with Crippen LogP contribution in [-0.2, 0) is 38.2 Å². The fourth-order valence-corrected chi connectivity index (χ4v) is 9.95. The fourth-order valence-electron chi connectivity index (χ4n) is 9.95. The van der Waals surface area contributed by atoms with E-state index >= 15 is 0 Å². The number of aliphatic carboxylic acids is 2. The molecule has 0 spiro atoms. The highest BCUT2D eigenvalue weighted by Crippen LogP contribution is 2.40. The highest BCUT2D eigenvalue weighted by Gasteiger charge is 2.32. The summed E-state index contributed by atoms with van der Waals surface area (Å²) in [5.74, 6) is -4.01. The monoisotopic (exact) mass is 1200 g/mol. The number of esters is 2. The van der Waals surface area contributed by atoms with Crippen LogP contribution in [0.3, 0.4) is 0 Å². The summed E-state index contributed by atoms with van der Waals surface area (Å²) in [4.78, 5) is 107. The molecule has 23 heteroatoms. The number of hydrogen-bond donors (Lipinski definition) is 6. The van der Waals surface area contributed by atoms with Gasteiger partial charge in [-0.3, -0.25) is 38.6 Å². The van der Waals surface area contributed by atoms with E-state index in [-0.39, 0.29) is 29.1 Å². The maximum absolute atomic E-state index is 13.2.